The van der Waals surface area contributed by atoms with Gasteiger partial charge in [0.15, 0.2) is 0 Å². The molecule has 7 aromatic carbocycles. The Labute approximate surface area is 236 Å². The third-order valence-corrected chi connectivity index (χ3v) is 8.36. The number of hydrogen-bond donors (Lipinski definition) is 0. The van der Waals surface area contributed by atoms with E-state index in [0.29, 0.717) is 5.95 Å². The first-order valence-corrected chi connectivity index (χ1v) is 13.9. The van der Waals surface area contributed by atoms with Crippen molar-refractivity contribution in [2.45, 2.75) is 0 Å². The Balaban J connectivity index is 1.44. The van der Waals surface area contributed by atoms with Gasteiger partial charge in [-0.25, -0.2) is 9.97 Å². The van der Waals surface area contributed by atoms with Gasteiger partial charge in [0.05, 0.1) is 22.4 Å². The van der Waals surface area contributed by atoms with Gasteiger partial charge in [-0.2, -0.15) is 0 Å². The molecule has 0 N–H and O–H groups in total. The van der Waals surface area contributed by atoms with Gasteiger partial charge in [0.1, 0.15) is 0 Å². The molecule has 9 aromatic rings. The van der Waals surface area contributed by atoms with Crippen LogP contribution in [0.4, 0.5) is 0 Å². The van der Waals surface area contributed by atoms with Gasteiger partial charge >= 0.3 is 0 Å². The number of nitrogens with zero attached hydrogens (tertiary/aromatic N) is 3. The highest BCUT2D eigenvalue weighted by molar-refractivity contribution is 6.37. The molecule has 0 radical (unpaired) electrons. The fourth-order valence-corrected chi connectivity index (χ4v) is 6.59. The molecule has 3 heteroatoms. The highest BCUT2D eigenvalue weighted by atomic mass is 15.2. The van der Waals surface area contributed by atoms with Crippen LogP contribution in [0.15, 0.2) is 140 Å². The van der Waals surface area contributed by atoms with Gasteiger partial charge < -0.3 is 0 Å². The van der Waals surface area contributed by atoms with Crippen molar-refractivity contribution in [2.75, 3.05) is 0 Å². The van der Waals surface area contributed by atoms with Crippen molar-refractivity contribution in [1.29, 1.82) is 0 Å². The zero-order valence-electron chi connectivity index (χ0n) is 22.1. The lowest BCUT2D eigenvalue weighted by molar-refractivity contribution is 0.996. The van der Waals surface area contributed by atoms with Crippen LogP contribution in [-0.2, 0) is 0 Å². The molecule has 3 nitrogen and oxygen atoms in total. The van der Waals surface area contributed by atoms with Crippen molar-refractivity contribution in [3.8, 4) is 28.5 Å². The minimum atomic E-state index is 0.676. The Morgan fingerprint density at radius 2 is 0.927 bits per heavy atom. The number of rotatable bonds is 3. The van der Waals surface area contributed by atoms with E-state index in [0.717, 1.165) is 33.5 Å². The molecule has 0 atom stereocenters. The molecular formula is C38H23N3. The van der Waals surface area contributed by atoms with Gasteiger partial charge in [0, 0.05) is 21.9 Å². The summed E-state index contributed by atoms with van der Waals surface area (Å²) in [4.78, 5) is 10.4. The van der Waals surface area contributed by atoms with E-state index in [4.69, 9.17) is 9.97 Å². The summed E-state index contributed by atoms with van der Waals surface area (Å²) >= 11 is 0. The number of hydrogen-bond acceptors (Lipinski definition) is 2. The van der Waals surface area contributed by atoms with Gasteiger partial charge in [-0.15, -0.1) is 0 Å². The first-order valence-electron chi connectivity index (χ1n) is 13.9. The zero-order chi connectivity index (χ0) is 26.9. The van der Waals surface area contributed by atoms with E-state index in [1.807, 2.05) is 12.1 Å². The second kappa shape index (κ2) is 8.48. The minimum absolute atomic E-state index is 0.676. The van der Waals surface area contributed by atoms with Crippen molar-refractivity contribution in [3.05, 3.63) is 140 Å². The predicted molar refractivity (Wildman–Crippen MR) is 171 cm³/mol. The maximum Gasteiger partial charge on any atom is 0.235 e. The third-order valence-electron chi connectivity index (χ3n) is 8.36. The normalized spacial score (nSPS) is 11.9. The molecule has 2 aromatic heterocycles. The Bertz CT molecular complexity index is 2350. The zero-order valence-corrected chi connectivity index (χ0v) is 22.1. The van der Waals surface area contributed by atoms with Gasteiger partial charge in [0.25, 0.3) is 0 Å². The summed E-state index contributed by atoms with van der Waals surface area (Å²) in [6.07, 6.45) is 0. The molecule has 0 bridgehead atoms. The first kappa shape index (κ1) is 22.3. The summed E-state index contributed by atoms with van der Waals surface area (Å²) in [5.41, 5.74) is 6.18. The molecule has 0 saturated carbocycles. The van der Waals surface area contributed by atoms with Crippen LogP contribution in [0.5, 0.6) is 0 Å². The summed E-state index contributed by atoms with van der Waals surface area (Å²) in [6, 6.07) is 49.3. The number of benzene rings is 7. The molecule has 0 aliphatic carbocycles. The van der Waals surface area contributed by atoms with Crippen LogP contribution in [0.2, 0.25) is 0 Å². The summed E-state index contributed by atoms with van der Waals surface area (Å²) in [5, 5.41) is 10.2. The summed E-state index contributed by atoms with van der Waals surface area (Å²) < 4.78 is 2.25. The van der Waals surface area contributed by atoms with E-state index in [2.05, 4.69) is 132 Å². The summed E-state index contributed by atoms with van der Waals surface area (Å²) in [7, 11) is 0. The van der Waals surface area contributed by atoms with E-state index in [9.17, 15) is 0 Å². The van der Waals surface area contributed by atoms with Gasteiger partial charge in [-0.3, -0.25) is 4.57 Å². The fourth-order valence-electron chi connectivity index (χ4n) is 6.59. The van der Waals surface area contributed by atoms with Crippen molar-refractivity contribution < 1.29 is 0 Å². The minimum Gasteiger partial charge on any atom is -0.278 e. The Morgan fingerprint density at radius 3 is 1.61 bits per heavy atom. The summed E-state index contributed by atoms with van der Waals surface area (Å²) in [6.45, 7) is 0. The van der Waals surface area contributed by atoms with Crippen LogP contribution in [0.25, 0.3) is 82.6 Å². The molecule has 41 heavy (non-hydrogen) atoms. The van der Waals surface area contributed by atoms with Crippen LogP contribution in [-0.4, -0.2) is 14.5 Å². The average Bonchev–Trinajstić information content (AvgIpc) is 3.40. The highest BCUT2D eigenvalue weighted by Crippen LogP contribution is 2.45. The molecule has 0 unspecified atom stereocenters. The maximum atomic E-state index is 5.20. The molecule has 0 spiro atoms. The van der Waals surface area contributed by atoms with E-state index in [-0.39, 0.29) is 0 Å². The predicted octanol–water partition coefficient (Wildman–Crippen LogP) is 9.81. The second-order valence-electron chi connectivity index (χ2n) is 10.6. The molecule has 0 aliphatic heterocycles. The Morgan fingerprint density at radius 1 is 0.390 bits per heavy atom. The fraction of sp³-hybridized carbons (Fsp3) is 0. The largest absolute Gasteiger partial charge is 0.278 e. The van der Waals surface area contributed by atoms with E-state index in [1.54, 1.807) is 0 Å². The molecule has 9 rings (SSSR count). The lowest BCUT2D eigenvalue weighted by Crippen LogP contribution is -2.03. The van der Waals surface area contributed by atoms with Gasteiger partial charge in [0.2, 0.25) is 5.95 Å². The lowest BCUT2D eigenvalue weighted by Gasteiger charge is -2.11. The first-order chi connectivity index (χ1) is 20.3. The SMILES string of the molecule is c1ccc(-c2cc(-c3ccccc3)nc(-n3c4cccc5c6ccc7ccccc7c6c6cccc3c6c54)n2)cc1. The molecule has 0 amide bonds. The standard InChI is InChI=1S/C38H23N3/c1-3-12-25(13-4-1)31-23-32(26-14-5-2-6-15-26)40-38(39-31)41-33-19-9-17-28-29-22-21-24-11-7-8-16-27(24)35(29)30-18-10-20-34(41)37(30)36(28)33/h1-23H. The maximum absolute atomic E-state index is 5.20. The van der Waals surface area contributed by atoms with Crippen LogP contribution in [0.1, 0.15) is 0 Å². The molecular weight excluding hydrogens is 498 g/mol. The van der Waals surface area contributed by atoms with Crippen molar-refractivity contribution in [3.63, 3.8) is 0 Å². The number of fused-ring (bicyclic) bond motifs is 5. The van der Waals surface area contributed by atoms with Gasteiger partial charge in [-0.05, 0) is 50.5 Å². The highest BCUT2D eigenvalue weighted by Gasteiger charge is 2.22. The van der Waals surface area contributed by atoms with Crippen LogP contribution in [0.3, 0.4) is 0 Å². The molecule has 2 heterocycles. The smallest absolute Gasteiger partial charge is 0.235 e. The topological polar surface area (TPSA) is 30.7 Å². The average molecular weight is 522 g/mol. The lowest BCUT2D eigenvalue weighted by atomic mass is 9.91. The monoisotopic (exact) mass is 521 g/mol. The quantitative estimate of drug-likeness (QED) is 0.217. The Hall–Kier alpha value is -5.54. The van der Waals surface area contributed by atoms with Crippen LogP contribution in [0, 0.1) is 0 Å². The Kier molecular flexibility index (Phi) is 4.61. The van der Waals surface area contributed by atoms with Crippen molar-refractivity contribution >= 4 is 54.1 Å². The van der Waals surface area contributed by atoms with Gasteiger partial charge in [-0.1, -0.05) is 121 Å². The van der Waals surface area contributed by atoms with E-state index < -0.39 is 0 Å². The van der Waals surface area contributed by atoms with Crippen molar-refractivity contribution in [2.24, 2.45) is 0 Å². The molecule has 0 saturated heterocycles. The molecule has 0 fully saturated rings. The molecule has 190 valence electrons. The van der Waals surface area contributed by atoms with E-state index >= 15 is 0 Å². The van der Waals surface area contributed by atoms with E-state index in [1.165, 1.54) is 43.1 Å². The number of aromatic nitrogens is 3. The third kappa shape index (κ3) is 3.20. The van der Waals surface area contributed by atoms with Crippen LogP contribution >= 0.6 is 0 Å². The van der Waals surface area contributed by atoms with Crippen LogP contribution < -0.4 is 0 Å². The summed E-state index contributed by atoms with van der Waals surface area (Å²) in [5.74, 6) is 0.676. The molecule has 0 aliphatic rings. The second-order valence-corrected chi connectivity index (χ2v) is 10.6. The van der Waals surface area contributed by atoms with Crippen molar-refractivity contribution in [1.82, 2.24) is 14.5 Å².